The lowest BCUT2D eigenvalue weighted by Crippen LogP contribution is -2.13. The summed E-state index contributed by atoms with van der Waals surface area (Å²) in [6.07, 6.45) is 3.95. The molecule has 0 spiro atoms. The van der Waals surface area contributed by atoms with Gasteiger partial charge in [0.2, 0.25) is 5.28 Å². The second kappa shape index (κ2) is 5.27. The van der Waals surface area contributed by atoms with Crippen molar-refractivity contribution < 1.29 is 8.42 Å². The molecule has 6 nitrogen and oxygen atoms in total. The average Bonchev–Trinajstić information content (AvgIpc) is 2.48. The van der Waals surface area contributed by atoms with E-state index >= 15 is 0 Å². The maximum absolute atomic E-state index is 12.3. The van der Waals surface area contributed by atoms with Crippen molar-refractivity contribution in [2.75, 3.05) is 4.72 Å². The van der Waals surface area contributed by atoms with Crippen LogP contribution >= 0.6 is 11.6 Å². The predicted molar refractivity (Wildman–Crippen MR) is 79.6 cm³/mol. The molecule has 0 atom stereocenters. The first kappa shape index (κ1) is 13.7. The third-order valence-electron chi connectivity index (χ3n) is 2.80. The number of aromatic nitrogens is 3. The van der Waals surface area contributed by atoms with Crippen molar-refractivity contribution in [2.45, 2.75) is 4.90 Å². The summed E-state index contributed by atoms with van der Waals surface area (Å²) in [6.45, 7) is 0. The Morgan fingerprint density at radius 2 is 1.76 bits per heavy atom. The van der Waals surface area contributed by atoms with Crippen molar-refractivity contribution in [3.63, 3.8) is 0 Å². The van der Waals surface area contributed by atoms with E-state index in [1.165, 1.54) is 0 Å². The van der Waals surface area contributed by atoms with E-state index in [9.17, 15) is 8.42 Å². The van der Waals surface area contributed by atoms with Gasteiger partial charge in [-0.05, 0) is 35.9 Å². The Labute approximate surface area is 125 Å². The van der Waals surface area contributed by atoms with Crippen LogP contribution < -0.4 is 4.72 Å². The molecule has 8 heteroatoms. The van der Waals surface area contributed by atoms with E-state index in [1.807, 2.05) is 0 Å². The Kier molecular flexibility index (Phi) is 3.44. The summed E-state index contributed by atoms with van der Waals surface area (Å²) in [5.74, 6) is 0. The number of hydrogen-bond donors (Lipinski definition) is 1. The molecule has 0 amide bonds. The number of sulfonamides is 1. The summed E-state index contributed by atoms with van der Waals surface area (Å²) < 4.78 is 27.1. The third kappa shape index (κ3) is 2.79. The molecule has 1 aromatic carbocycles. The van der Waals surface area contributed by atoms with E-state index in [0.717, 1.165) is 12.4 Å². The molecule has 0 bridgehead atoms. The predicted octanol–water partition coefficient (Wildman–Crippen LogP) is 2.48. The van der Waals surface area contributed by atoms with Crippen LogP contribution in [-0.2, 0) is 10.0 Å². The van der Waals surface area contributed by atoms with E-state index in [1.54, 1.807) is 36.5 Å². The molecule has 0 unspecified atom stereocenters. The van der Waals surface area contributed by atoms with Gasteiger partial charge in [-0.2, -0.15) is 0 Å². The van der Waals surface area contributed by atoms with Crippen LogP contribution in [0.4, 0.5) is 5.69 Å². The van der Waals surface area contributed by atoms with Gasteiger partial charge in [-0.15, -0.1) is 0 Å². The minimum atomic E-state index is -3.78. The smallest absolute Gasteiger partial charge is 0.264 e. The van der Waals surface area contributed by atoms with Gasteiger partial charge >= 0.3 is 0 Å². The van der Waals surface area contributed by atoms with Crippen LogP contribution in [0, 0.1) is 0 Å². The second-order valence-electron chi connectivity index (χ2n) is 4.17. The zero-order chi connectivity index (χ0) is 14.9. The molecule has 0 saturated carbocycles. The summed E-state index contributed by atoms with van der Waals surface area (Å²) in [5, 5.41) is 0.696. The summed E-state index contributed by atoms with van der Waals surface area (Å²) in [4.78, 5) is 11.5. The molecule has 1 N–H and O–H groups in total. The topological polar surface area (TPSA) is 84.8 Å². The van der Waals surface area contributed by atoms with E-state index in [0.29, 0.717) is 16.6 Å². The van der Waals surface area contributed by atoms with Gasteiger partial charge in [0.05, 0.1) is 23.6 Å². The van der Waals surface area contributed by atoms with E-state index in [-0.39, 0.29) is 10.2 Å². The van der Waals surface area contributed by atoms with Crippen molar-refractivity contribution in [1.82, 2.24) is 15.0 Å². The van der Waals surface area contributed by atoms with Crippen LogP contribution in [0.15, 0.2) is 53.8 Å². The molecule has 0 saturated heterocycles. The van der Waals surface area contributed by atoms with Crippen molar-refractivity contribution in [3.05, 3.63) is 54.2 Å². The zero-order valence-corrected chi connectivity index (χ0v) is 12.1. The quantitative estimate of drug-likeness (QED) is 0.749. The Morgan fingerprint density at radius 3 is 2.52 bits per heavy atom. The molecule has 0 radical (unpaired) electrons. The van der Waals surface area contributed by atoms with Crippen LogP contribution in [-0.4, -0.2) is 23.4 Å². The maximum Gasteiger partial charge on any atom is 0.264 e. The maximum atomic E-state index is 12.3. The molecule has 21 heavy (non-hydrogen) atoms. The number of anilines is 1. The average molecular weight is 321 g/mol. The molecule has 3 rings (SSSR count). The second-order valence-corrected chi connectivity index (χ2v) is 6.19. The first-order chi connectivity index (χ1) is 10.1. The van der Waals surface area contributed by atoms with Gasteiger partial charge < -0.3 is 0 Å². The van der Waals surface area contributed by atoms with Gasteiger partial charge in [-0.3, -0.25) is 9.71 Å². The van der Waals surface area contributed by atoms with Crippen molar-refractivity contribution in [3.8, 4) is 0 Å². The molecular formula is C13H9ClN4O2S. The lowest BCUT2D eigenvalue weighted by Gasteiger charge is -2.09. The van der Waals surface area contributed by atoms with E-state index in [2.05, 4.69) is 19.7 Å². The van der Waals surface area contributed by atoms with Crippen LogP contribution in [0.5, 0.6) is 0 Å². The third-order valence-corrected chi connectivity index (χ3v) is 4.31. The summed E-state index contributed by atoms with van der Waals surface area (Å²) in [5.41, 5.74) is 1.14. The lowest BCUT2D eigenvalue weighted by molar-refractivity contribution is 0.600. The standard InChI is InChI=1S/C13H9ClN4O2S/c14-13-16-7-9(8-17-13)21(19,20)18-12-5-1-4-11-10(12)3-2-6-15-11/h1-8,18H. The molecular weight excluding hydrogens is 312 g/mol. The van der Waals surface area contributed by atoms with Gasteiger partial charge in [0.25, 0.3) is 10.0 Å². The number of rotatable bonds is 3. The Morgan fingerprint density at radius 1 is 1.00 bits per heavy atom. The van der Waals surface area contributed by atoms with Crippen molar-refractivity contribution in [1.29, 1.82) is 0 Å². The van der Waals surface area contributed by atoms with Crippen LogP contribution in [0.3, 0.4) is 0 Å². The summed E-state index contributed by atoms with van der Waals surface area (Å²) in [6, 6.07) is 8.73. The number of pyridine rings is 1. The fourth-order valence-electron chi connectivity index (χ4n) is 1.84. The molecule has 0 aliphatic carbocycles. The molecule has 2 aromatic heterocycles. The highest BCUT2D eigenvalue weighted by Crippen LogP contribution is 2.24. The fourth-order valence-corrected chi connectivity index (χ4v) is 2.90. The summed E-state index contributed by atoms with van der Waals surface area (Å²) in [7, 11) is -3.78. The largest absolute Gasteiger partial charge is 0.279 e. The highest BCUT2D eigenvalue weighted by Gasteiger charge is 2.16. The minimum Gasteiger partial charge on any atom is -0.279 e. The SMILES string of the molecule is O=S(=O)(Nc1cccc2ncccc12)c1cnc(Cl)nc1. The molecule has 0 aliphatic rings. The normalized spacial score (nSPS) is 11.5. The van der Waals surface area contributed by atoms with Crippen molar-refractivity contribution in [2.24, 2.45) is 0 Å². The fraction of sp³-hybridized carbons (Fsp3) is 0. The summed E-state index contributed by atoms with van der Waals surface area (Å²) >= 11 is 5.55. The van der Waals surface area contributed by atoms with Crippen molar-refractivity contribution >= 4 is 38.2 Å². The molecule has 3 aromatic rings. The van der Waals surface area contributed by atoms with E-state index in [4.69, 9.17) is 11.6 Å². The zero-order valence-electron chi connectivity index (χ0n) is 10.6. The first-order valence-electron chi connectivity index (χ1n) is 5.90. The number of nitrogens with zero attached hydrogens (tertiary/aromatic N) is 3. The van der Waals surface area contributed by atoms with E-state index < -0.39 is 10.0 Å². The molecule has 0 aliphatic heterocycles. The number of halogens is 1. The minimum absolute atomic E-state index is 0.0108. The number of fused-ring (bicyclic) bond motifs is 1. The number of nitrogens with one attached hydrogen (secondary N) is 1. The number of benzene rings is 1. The lowest BCUT2D eigenvalue weighted by atomic mass is 10.2. The monoisotopic (exact) mass is 320 g/mol. The Bertz CT molecular complexity index is 892. The van der Waals surface area contributed by atoms with Gasteiger partial charge in [0.1, 0.15) is 4.90 Å². The number of hydrogen-bond acceptors (Lipinski definition) is 5. The van der Waals surface area contributed by atoms with Crippen LogP contribution in [0.2, 0.25) is 5.28 Å². The van der Waals surface area contributed by atoms with Gasteiger partial charge in [0, 0.05) is 11.6 Å². The van der Waals surface area contributed by atoms with Crippen LogP contribution in [0.1, 0.15) is 0 Å². The molecule has 2 heterocycles. The van der Waals surface area contributed by atoms with Crippen LogP contribution in [0.25, 0.3) is 10.9 Å². The Balaban J connectivity index is 2.03. The van der Waals surface area contributed by atoms with Gasteiger partial charge in [-0.1, -0.05) is 6.07 Å². The first-order valence-corrected chi connectivity index (χ1v) is 7.76. The highest BCUT2D eigenvalue weighted by atomic mass is 35.5. The molecule has 106 valence electrons. The Hall–Kier alpha value is -2.25. The van der Waals surface area contributed by atoms with Gasteiger partial charge in [0.15, 0.2) is 0 Å². The molecule has 0 fully saturated rings. The highest BCUT2D eigenvalue weighted by molar-refractivity contribution is 7.92. The van der Waals surface area contributed by atoms with Gasteiger partial charge in [-0.25, -0.2) is 18.4 Å².